The zero-order valence-electron chi connectivity index (χ0n) is 11.1. The third-order valence-corrected chi connectivity index (χ3v) is 4.61. The molecule has 1 fully saturated rings. The van der Waals surface area contributed by atoms with Crippen LogP contribution >= 0.6 is 0 Å². The molecule has 3 N–H and O–H groups in total. The molecule has 1 saturated heterocycles. The molecule has 2 heterocycles. The number of aromatic amines is 1. The molecule has 0 amide bonds. The maximum Gasteiger partial charge on any atom is 0.213 e. The van der Waals surface area contributed by atoms with Crippen molar-refractivity contribution in [2.24, 2.45) is 0 Å². The molecule has 1 aliphatic rings. The summed E-state index contributed by atoms with van der Waals surface area (Å²) < 4.78 is 26.4. The summed E-state index contributed by atoms with van der Waals surface area (Å²) in [5.41, 5.74) is 1.77. The van der Waals surface area contributed by atoms with Gasteiger partial charge in [-0.2, -0.15) is 5.10 Å². The third-order valence-electron chi connectivity index (χ3n) is 3.30. The molecule has 7 nitrogen and oxygen atoms in total. The Kier molecular flexibility index (Phi) is 4.92. The average molecular weight is 287 g/mol. The largest absolute Gasteiger partial charge is 0.314 e. The Morgan fingerprint density at radius 1 is 1.42 bits per heavy atom. The smallest absolute Gasteiger partial charge is 0.213 e. The van der Waals surface area contributed by atoms with Gasteiger partial charge in [0.25, 0.3) is 0 Å². The summed E-state index contributed by atoms with van der Waals surface area (Å²) in [4.78, 5) is 2.17. The Hall–Kier alpha value is -0.960. The maximum atomic E-state index is 11.9. The molecular weight excluding hydrogens is 266 g/mol. The summed E-state index contributed by atoms with van der Waals surface area (Å²) in [6, 6.07) is 0. The predicted octanol–water partition coefficient (Wildman–Crippen LogP) is -0.957. The number of sulfonamides is 1. The number of hydrogen-bond acceptors (Lipinski definition) is 5. The zero-order valence-corrected chi connectivity index (χ0v) is 12.0. The van der Waals surface area contributed by atoms with Gasteiger partial charge in [-0.1, -0.05) is 0 Å². The summed E-state index contributed by atoms with van der Waals surface area (Å²) >= 11 is 0. The third kappa shape index (κ3) is 4.57. The number of rotatable bonds is 6. The minimum atomic E-state index is -3.23. The topological polar surface area (TPSA) is 90.1 Å². The molecule has 0 unspecified atom stereocenters. The SMILES string of the molecule is Cc1[nH]ncc1CNS(=O)(=O)CCN1CCNCC1. The number of aryl methyl sites for hydroxylation is 1. The quantitative estimate of drug-likeness (QED) is 0.627. The summed E-state index contributed by atoms with van der Waals surface area (Å²) in [6.45, 7) is 6.45. The van der Waals surface area contributed by atoms with Crippen LogP contribution in [-0.4, -0.2) is 62.0 Å². The Labute approximate surface area is 113 Å². The molecule has 1 aromatic heterocycles. The minimum Gasteiger partial charge on any atom is -0.314 e. The van der Waals surface area contributed by atoms with E-state index in [2.05, 4.69) is 25.1 Å². The van der Waals surface area contributed by atoms with E-state index in [0.717, 1.165) is 37.4 Å². The number of nitrogens with zero attached hydrogens (tertiary/aromatic N) is 2. The van der Waals surface area contributed by atoms with Crippen molar-refractivity contribution in [1.29, 1.82) is 0 Å². The molecule has 1 aromatic rings. The normalized spacial score (nSPS) is 17.7. The van der Waals surface area contributed by atoms with Crippen LogP contribution in [0, 0.1) is 6.92 Å². The van der Waals surface area contributed by atoms with Crippen LogP contribution in [-0.2, 0) is 16.6 Å². The molecule has 108 valence electrons. The molecule has 0 aliphatic carbocycles. The number of hydrogen-bond donors (Lipinski definition) is 3. The van der Waals surface area contributed by atoms with E-state index in [4.69, 9.17) is 0 Å². The van der Waals surface area contributed by atoms with Crippen molar-refractivity contribution < 1.29 is 8.42 Å². The highest BCUT2D eigenvalue weighted by Gasteiger charge is 2.15. The van der Waals surface area contributed by atoms with E-state index >= 15 is 0 Å². The lowest BCUT2D eigenvalue weighted by Crippen LogP contribution is -2.45. The molecule has 0 spiro atoms. The van der Waals surface area contributed by atoms with E-state index in [9.17, 15) is 8.42 Å². The first kappa shape index (κ1) is 14.4. The van der Waals surface area contributed by atoms with Gasteiger partial charge in [-0.05, 0) is 6.92 Å². The van der Waals surface area contributed by atoms with Gasteiger partial charge in [-0.25, -0.2) is 13.1 Å². The Morgan fingerprint density at radius 3 is 2.79 bits per heavy atom. The lowest BCUT2D eigenvalue weighted by Gasteiger charge is -2.26. The second-order valence-electron chi connectivity index (χ2n) is 4.75. The first-order chi connectivity index (χ1) is 9.07. The summed E-state index contributed by atoms with van der Waals surface area (Å²) in [7, 11) is -3.23. The van der Waals surface area contributed by atoms with Crippen LogP contribution < -0.4 is 10.0 Å². The number of aromatic nitrogens is 2. The van der Waals surface area contributed by atoms with Crippen LogP contribution in [0.1, 0.15) is 11.3 Å². The van der Waals surface area contributed by atoms with Crippen molar-refractivity contribution in [3.05, 3.63) is 17.5 Å². The highest BCUT2D eigenvalue weighted by molar-refractivity contribution is 7.89. The summed E-state index contributed by atoms with van der Waals surface area (Å²) in [5, 5.41) is 9.90. The standard InChI is InChI=1S/C11H21N5O2S/c1-10-11(8-13-15-10)9-14-19(17,18)7-6-16-4-2-12-3-5-16/h8,12,14H,2-7,9H2,1H3,(H,13,15). The van der Waals surface area contributed by atoms with Crippen LogP contribution in [0.15, 0.2) is 6.20 Å². The Bertz CT molecular complexity index is 493. The van der Waals surface area contributed by atoms with E-state index in [0.29, 0.717) is 13.1 Å². The minimum absolute atomic E-state index is 0.143. The van der Waals surface area contributed by atoms with Gasteiger partial charge in [-0.15, -0.1) is 0 Å². The van der Waals surface area contributed by atoms with Crippen LogP contribution in [0.2, 0.25) is 0 Å². The van der Waals surface area contributed by atoms with E-state index in [1.165, 1.54) is 0 Å². The van der Waals surface area contributed by atoms with E-state index < -0.39 is 10.0 Å². The Morgan fingerprint density at radius 2 is 2.16 bits per heavy atom. The molecule has 0 bridgehead atoms. The molecule has 1 aliphatic heterocycles. The Balaban J connectivity index is 1.76. The van der Waals surface area contributed by atoms with Crippen molar-refractivity contribution in [2.75, 3.05) is 38.5 Å². The lowest BCUT2D eigenvalue weighted by molar-refractivity contribution is 0.253. The van der Waals surface area contributed by atoms with Crippen molar-refractivity contribution in [2.45, 2.75) is 13.5 Å². The first-order valence-electron chi connectivity index (χ1n) is 6.46. The molecule has 0 saturated carbocycles. The maximum absolute atomic E-state index is 11.9. The van der Waals surface area contributed by atoms with Gasteiger partial charge in [-0.3, -0.25) is 10.00 Å². The molecule has 0 radical (unpaired) electrons. The molecule has 2 rings (SSSR count). The van der Waals surface area contributed by atoms with Gasteiger partial charge in [0.2, 0.25) is 10.0 Å². The molecule has 0 aromatic carbocycles. The van der Waals surface area contributed by atoms with Crippen molar-refractivity contribution in [3.8, 4) is 0 Å². The lowest BCUT2D eigenvalue weighted by atomic mass is 10.3. The fourth-order valence-electron chi connectivity index (χ4n) is 2.00. The fraction of sp³-hybridized carbons (Fsp3) is 0.727. The highest BCUT2D eigenvalue weighted by Crippen LogP contribution is 2.02. The zero-order chi connectivity index (χ0) is 13.7. The first-order valence-corrected chi connectivity index (χ1v) is 8.11. The molecule has 8 heteroatoms. The number of nitrogens with one attached hydrogen (secondary N) is 3. The van der Waals surface area contributed by atoms with E-state index in [1.54, 1.807) is 6.20 Å². The van der Waals surface area contributed by atoms with Gasteiger partial charge in [0.05, 0.1) is 11.9 Å². The monoisotopic (exact) mass is 287 g/mol. The van der Waals surface area contributed by atoms with E-state index in [-0.39, 0.29) is 5.75 Å². The molecular formula is C11H21N5O2S. The second-order valence-corrected chi connectivity index (χ2v) is 6.68. The van der Waals surface area contributed by atoms with Gasteiger partial charge in [0.15, 0.2) is 0 Å². The van der Waals surface area contributed by atoms with E-state index in [1.807, 2.05) is 6.92 Å². The van der Waals surface area contributed by atoms with Crippen LogP contribution in [0.3, 0.4) is 0 Å². The van der Waals surface area contributed by atoms with Gasteiger partial charge >= 0.3 is 0 Å². The predicted molar refractivity (Wildman–Crippen MR) is 73.3 cm³/mol. The fourth-order valence-corrected chi connectivity index (χ4v) is 3.02. The number of H-pyrrole nitrogens is 1. The van der Waals surface area contributed by atoms with Crippen LogP contribution in [0.4, 0.5) is 0 Å². The molecule has 0 atom stereocenters. The molecule has 19 heavy (non-hydrogen) atoms. The van der Waals surface area contributed by atoms with Gasteiger partial charge in [0, 0.05) is 50.5 Å². The number of piperazine rings is 1. The average Bonchev–Trinajstić information content (AvgIpc) is 2.81. The summed E-state index contributed by atoms with van der Waals surface area (Å²) in [6.07, 6.45) is 1.65. The highest BCUT2D eigenvalue weighted by atomic mass is 32.2. The van der Waals surface area contributed by atoms with Crippen molar-refractivity contribution >= 4 is 10.0 Å². The van der Waals surface area contributed by atoms with Crippen LogP contribution in [0.25, 0.3) is 0 Å². The van der Waals surface area contributed by atoms with Crippen molar-refractivity contribution in [3.63, 3.8) is 0 Å². The van der Waals surface area contributed by atoms with Crippen LogP contribution in [0.5, 0.6) is 0 Å². The summed E-state index contributed by atoms with van der Waals surface area (Å²) in [5.74, 6) is 0.143. The van der Waals surface area contributed by atoms with Gasteiger partial charge < -0.3 is 5.32 Å². The van der Waals surface area contributed by atoms with Gasteiger partial charge in [0.1, 0.15) is 0 Å². The second kappa shape index (κ2) is 6.47. The van der Waals surface area contributed by atoms with Crippen molar-refractivity contribution in [1.82, 2.24) is 25.1 Å².